The number of hydrogen-bond acceptors (Lipinski definition) is 3. The first-order chi connectivity index (χ1) is 10.6. The molecule has 112 valence electrons. The molecule has 1 aromatic heterocycles. The fraction of sp³-hybridized carbons (Fsp3) is 0.0625. The second kappa shape index (κ2) is 6.31. The molecule has 0 spiro atoms. The molecule has 22 heavy (non-hydrogen) atoms. The van der Waals surface area contributed by atoms with Crippen molar-refractivity contribution in [2.75, 3.05) is 0 Å². The molecule has 0 amide bonds. The largest absolute Gasteiger partial charge is 0.391 e. The SMILES string of the molecule is OCc1c(-c2ccc(Cl)cc2)noc1-c1cc(Cl)cc(Cl)c1. The molecule has 0 aliphatic carbocycles. The number of rotatable bonds is 3. The highest BCUT2D eigenvalue weighted by atomic mass is 35.5. The number of nitrogens with zero attached hydrogens (tertiary/aromatic N) is 1. The molecule has 3 rings (SSSR count). The van der Waals surface area contributed by atoms with Gasteiger partial charge in [-0.2, -0.15) is 0 Å². The monoisotopic (exact) mass is 353 g/mol. The summed E-state index contributed by atoms with van der Waals surface area (Å²) in [5.74, 6) is 0.442. The second-order valence-electron chi connectivity index (χ2n) is 4.66. The van der Waals surface area contributed by atoms with Crippen LogP contribution in [0.3, 0.4) is 0 Å². The molecule has 0 atom stereocenters. The lowest BCUT2D eigenvalue weighted by Gasteiger charge is -2.03. The maximum Gasteiger partial charge on any atom is 0.173 e. The van der Waals surface area contributed by atoms with Gasteiger partial charge in [0.25, 0.3) is 0 Å². The molecule has 3 nitrogen and oxygen atoms in total. The zero-order valence-corrected chi connectivity index (χ0v) is 13.5. The van der Waals surface area contributed by atoms with Gasteiger partial charge in [0, 0.05) is 26.2 Å². The fourth-order valence-corrected chi connectivity index (χ4v) is 2.85. The fourth-order valence-electron chi connectivity index (χ4n) is 2.20. The van der Waals surface area contributed by atoms with Gasteiger partial charge in [-0.15, -0.1) is 0 Å². The van der Waals surface area contributed by atoms with E-state index in [0.717, 1.165) is 5.56 Å². The van der Waals surface area contributed by atoms with E-state index in [2.05, 4.69) is 5.16 Å². The van der Waals surface area contributed by atoms with Crippen LogP contribution >= 0.6 is 34.8 Å². The van der Waals surface area contributed by atoms with E-state index in [9.17, 15) is 5.11 Å². The van der Waals surface area contributed by atoms with E-state index in [1.807, 2.05) is 12.1 Å². The number of hydrogen-bond donors (Lipinski definition) is 1. The van der Waals surface area contributed by atoms with Gasteiger partial charge in [-0.05, 0) is 30.3 Å². The summed E-state index contributed by atoms with van der Waals surface area (Å²) in [7, 11) is 0. The van der Waals surface area contributed by atoms with Crippen molar-refractivity contribution in [3.05, 3.63) is 63.1 Å². The molecule has 0 unspecified atom stereocenters. The Labute approximate surface area is 142 Å². The van der Waals surface area contributed by atoms with Gasteiger partial charge in [0.2, 0.25) is 0 Å². The van der Waals surface area contributed by atoms with Crippen molar-refractivity contribution in [3.63, 3.8) is 0 Å². The summed E-state index contributed by atoms with van der Waals surface area (Å²) >= 11 is 17.9. The molecule has 0 saturated heterocycles. The lowest BCUT2D eigenvalue weighted by molar-refractivity contribution is 0.281. The summed E-state index contributed by atoms with van der Waals surface area (Å²) in [5, 5.41) is 15.4. The van der Waals surface area contributed by atoms with E-state index in [1.54, 1.807) is 30.3 Å². The van der Waals surface area contributed by atoms with Crippen LogP contribution in [0.2, 0.25) is 15.1 Å². The van der Waals surface area contributed by atoms with Crippen molar-refractivity contribution in [3.8, 4) is 22.6 Å². The summed E-state index contributed by atoms with van der Waals surface area (Å²) in [6.45, 7) is -0.221. The van der Waals surface area contributed by atoms with E-state index < -0.39 is 0 Å². The van der Waals surface area contributed by atoms with Crippen molar-refractivity contribution in [2.24, 2.45) is 0 Å². The predicted octanol–water partition coefficient (Wildman–Crippen LogP) is 5.46. The first kappa shape index (κ1) is 15.4. The predicted molar refractivity (Wildman–Crippen MR) is 88.3 cm³/mol. The zero-order chi connectivity index (χ0) is 15.7. The molecule has 2 aromatic carbocycles. The minimum absolute atomic E-state index is 0.221. The smallest absolute Gasteiger partial charge is 0.173 e. The summed E-state index contributed by atoms with van der Waals surface area (Å²) in [4.78, 5) is 0. The average molecular weight is 355 g/mol. The Kier molecular flexibility index (Phi) is 4.41. The van der Waals surface area contributed by atoms with Crippen LogP contribution in [-0.2, 0) is 6.61 Å². The zero-order valence-electron chi connectivity index (χ0n) is 11.2. The lowest BCUT2D eigenvalue weighted by Crippen LogP contribution is -1.89. The maximum absolute atomic E-state index is 9.71. The highest BCUT2D eigenvalue weighted by Gasteiger charge is 2.19. The second-order valence-corrected chi connectivity index (χ2v) is 5.97. The third kappa shape index (κ3) is 2.99. The molecule has 1 N–H and O–H groups in total. The Morgan fingerprint density at radius 1 is 0.864 bits per heavy atom. The third-order valence-corrected chi connectivity index (χ3v) is 3.88. The molecule has 0 radical (unpaired) electrons. The highest BCUT2D eigenvalue weighted by Crippen LogP contribution is 2.35. The lowest BCUT2D eigenvalue weighted by atomic mass is 10.0. The van der Waals surface area contributed by atoms with Gasteiger partial charge in [0.1, 0.15) is 5.69 Å². The van der Waals surface area contributed by atoms with Gasteiger partial charge in [-0.1, -0.05) is 52.1 Å². The van der Waals surface area contributed by atoms with Gasteiger partial charge >= 0.3 is 0 Å². The topological polar surface area (TPSA) is 46.3 Å². The summed E-state index contributed by atoms with van der Waals surface area (Å²) in [6, 6.07) is 12.2. The molecule has 0 aliphatic heterocycles. The van der Waals surface area contributed by atoms with Crippen LogP contribution in [0, 0.1) is 0 Å². The first-order valence-corrected chi connectivity index (χ1v) is 7.53. The molecule has 0 saturated carbocycles. The van der Waals surface area contributed by atoms with Crippen LogP contribution in [0.5, 0.6) is 0 Å². The van der Waals surface area contributed by atoms with Gasteiger partial charge < -0.3 is 9.63 Å². The van der Waals surface area contributed by atoms with Crippen LogP contribution in [0.4, 0.5) is 0 Å². The van der Waals surface area contributed by atoms with Crippen LogP contribution in [-0.4, -0.2) is 10.3 Å². The Morgan fingerprint density at radius 3 is 2.09 bits per heavy atom. The third-order valence-electron chi connectivity index (χ3n) is 3.19. The van der Waals surface area contributed by atoms with Crippen LogP contribution in [0.25, 0.3) is 22.6 Å². The molecular weight excluding hydrogens is 345 g/mol. The van der Waals surface area contributed by atoms with E-state index in [1.165, 1.54) is 0 Å². The number of aliphatic hydroxyl groups excluding tert-OH is 1. The first-order valence-electron chi connectivity index (χ1n) is 6.40. The molecule has 0 fully saturated rings. The van der Waals surface area contributed by atoms with Crippen molar-refractivity contribution >= 4 is 34.8 Å². The summed E-state index contributed by atoms with van der Waals surface area (Å²) < 4.78 is 5.41. The molecule has 3 aromatic rings. The Bertz CT molecular complexity index is 793. The van der Waals surface area contributed by atoms with E-state index >= 15 is 0 Å². The average Bonchev–Trinajstić information content (AvgIpc) is 2.91. The van der Waals surface area contributed by atoms with Gasteiger partial charge in [-0.3, -0.25) is 0 Å². The maximum atomic E-state index is 9.71. The standard InChI is InChI=1S/C16H10Cl3NO2/c17-11-3-1-9(2-4-11)15-14(8-21)16(22-20-15)10-5-12(18)7-13(19)6-10/h1-7,21H,8H2. The van der Waals surface area contributed by atoms with E-state index in [-0.39, 0.29) is 6.61 Å². The van der Waals surface area contributed by atoms with Gasteiger partial charge in [0.15, 0.2) is 5.76 Å². The summed E-state index contributed by atoms with van der Waals surface area (Å²) in [5.41, 5.74) is 2.59. The van der Waals surface area contributed by atoms with Crippen molar-refractivity contribution in [1.29, 1.82) is 0 Å². The van der Waals surface area contributed by atoms with Crippen LogP contribution in [0.1, 0.15) is 5.56 Å². The van der Waals surface area contributed by atoms with Crippen LogP contribution in [0.15, 0.2) is 47.0 Å². The number of aromatic nitrogens is 1. The normalized spacial score (nSPS) is 10.9. The summed E-state index contributed by atoms with van der Waals surface area (Å²) in [6.07, 6.45) is 0. The highest BCUT2D eigenvalue weighted by molar-refractivity contribution is 6.35. The van der Waals surface area contributed by atoms with Crippen LogP contribution < -0.4 is 0 Å². The quantitative estimate of drug-likeness (QED) is 0.679. The van der Waals surface area contributed by atoms with Gasteiger partial charge in [0.05, 0.1) is 12.2 Å². The van der Waals surface area contributed by atoms with Crippen molar-refractivity contribution in [1.82, 2.24) is 5.16 Å². The number of aliphatic hydroxyl groups is 1. The molecule has 0 bridgehead atoms. The van der Waals surface area contributed by atoms with Crippen molar-refractivity contribution in [2.45, 2.75) is 6.61 Å². The molecule has 0 aliphatic rings. The Morgan fingerprint density at radius 2 is 1.50 bits per heavy atom. The Balaban J connectivity index is 2.12. The van der Waals surface area contributed by atoms with Gasteiger partial charge in [-0.25, -0.2) is 0 Å². The number of benzene rings is 2. The van der Waals surface area contributed by atoms with Crippen molar-refractivity contribution < 1.29 is 9.63 Å². The minimum atomic E-state index is -0.221. The molecule has 1 heterocycles. The minimum Gasteiger partial charge on any atom is -0.391 e. The van der Waals surface area contributed by atoms with E-state index in [4.69, 9.17) is 39.3 Å². The Hall–Kier alpha value is -1.52. The van der Waals surface area contributed by atoms with E-state index in [0.29, 0.717) is 37.6 Å². The number of halogens is 3. The molecular formula is C16H10Cl3NO2. The molecule has 6 heteroatoms.